The van der Waals surface area contributed by atoms with Crippen molar-refractivity contribution in [2.45, 2.75) is 0 Å². The van der Waals surface area contributed by atoms with Gasteiger partial charge in [0.25, 0.3) is 0 Å². The summed E-state index contributed by atoms with van der Waals surface area (Å²) in [6, 6.07) is 4.70. The van der Waals surface area contributed by atoms with E-state index in [0.717, 1.165) is 0 Å². The van der Waals surface area contributed by atoms with Crippen LogP contribution in [0.15, 0.2) is 24.5 Å². The number of tetrazole rings is 1. The van der Waals surface area contributed by atoms with Gasteiger partial charge in [0.15, 0.2) is 11.5 Å². The summed E-state index contributed by atoms with van der Waals surface area (Å²) in [7, 11) is 0. The molecule has 0 bridgehead atoms. The summed E-state index contributed by atoms with van der Waals surface area (Å²) >= 11 is 11.7. The molecule has 20 heavy (non-hydrogen) atoms. The molecule has 0 fully saturated rings. The normalized spacial score (nSPS) is 10.8. The number of rotatable bonds is 2. The minimum absolute atomic E-state index is 0.0465. The van der Waals surface area contributed by atoms with Gasteiger partial charge in [0.1, 0.15) is 12.0 Å². The van der Waals surface area contributed by atoms with Crippen LogP contribution in [0.4, 0.5) is 4.39 Å². The van der Waals surface area contributed by atoms with Gasteiger partial charge >= 0.3 is 0 Å². The van der Waals surface area contributed by atoms with Gasteiger partial charge in [0.2, 0.25) is 5.82 Å². The second kappa shape index (κ2) is 5.10. The van der Waals surface area contributed by atoms with Crippen molar-refractivity contribution in [3.05, 3.63) is 40.4 Å². The van der Waals surface area contributed by atoms with Crippen LogP contribution in [0.5, 0.6) is 0 Å². The Bertz CT molecular complexity index is 762. The van der Waals surface area contributed by atoms with Gasteiger partial charge in [-0.2, -0.15) is 5.21 Å². The van der Waals surface area contributed by atoms with E-state index in [4.69, 9.17) is 23.2 Å². The molecule has 0 aliphatic heterocycles. The zero-order valence-corrected chi connectivity index (χ0v) is 11.2. The van der Waals surface area contributed by atoms with E-state index in [-0.39, 0.29) is 17.2 Å². The van der Waals surface area contributed by atoms with Gasteiger partial charge in [-0.3, -0.25) is 0 Å². The monoisotopic (exact) mass is 310 g/mol. The van der Waals surface area contributed by atoms with E-state index in [1.807, 2.05) is 0 Å². The van der Waals surface area contributed by atoms with Crippen molar-refractivity contribution >= 4 is 23.2 Å². The smallest absolute Gasteiger partial charge is 0.226 e. The van der Waals surface area contributed by atoms with Crippen LogP contribution >= 0.6 is 23.2 Å². The predicted molar refractivity (Wildman–Crippen MR) is 70.6 cm³/mol. The van der Waals surface area contributed by atoms with E-state index in [1.165, 1.54) is 12.4 Å². The zero-order chi connectivity index (χ0) is 14.1. The highest BCUT2D eigenvalue weighted by atomic mass is 35.5. The Morgan fingerprint density at radius 3 is 2.55 bits per heavy atom. The molecule has 6 nitrogen and oxygen atoms in total. The number of hydrogen-bond donors (Lipinski definition) is 1. The van der Waals surface area contributed by atoms with E-state index in [2.05, 4.69) is 30.6 Å². The highest BCUT2D eigenvalue weighted by Gasteiger charge is 2.17. The lowest BCUT2D eigenvalue weighted by Crippen LogP contribution is -1.98. The van der Waals surface area contributed by atoms with Crippen molar-refractivity contribution in [2.75, 3.05) is 0 Å². The maximum absolute atomic E-state index is 14.4. The molecule has 0 aliphatic rings. The molecule has 3 aromatic rings. The first kappa shape index (κ1) is 12.9. The number of halogens is 3. The molecule has 0 saturated carbocycles. The molecule has 0 unspecified atom stereocenters. The van der Waals surface area contributed by atoms with Crippen molar-refractivity contribution in [1.29, 1.82) is 0 Å². The number of nitrogens with one attached hydrogen (secondary N) is 1. The minimum Gasteiger partial charge on any atom is -0.233 e. The Labute approximate surface area is 122 Å². The van der Waals surface area contributed by atoms with Crippen LogP contribution in [0.3, 0.4) is 0 Å². The van der Waals surface area contributed by atoms with Crippen molar-refractivity contribution in [1.82, 2.24) is 30.6 Å². The summed E-state index contributed by atoms with van der Waals surface area (Å²) in [5.41, 5.74) is 0.511. The predicted octanol–water partition coefficient (Wildman–Crippen LogP) is 2.77. The third-order valence-corrected chi connectivity index (χ3v) is 3.28. The van der Waals surface area contributed by atoms with Gasteiger partial charge < -0.3 is 0 Å². The molecule has 1 N–H and O–H groups in total. The van der Waals surface area contributed by atoms with Crippen molar-refractivity contribution in [2.24, 2.45) is 0 Å². The van der Waals surface area contributed by atoms with Gasteiger partial charge in [-0.1, -0.05) is 29.3 Å². The zero-order valence-electron chi connectivity index (χ0n) is 9.68. The Morgan fingerprint density at radius 2 is 1.85 bits per heavy atom. The number of aromatic amines is 1. The summed E-state index contributed by atoms with van der Waals surface area (Å²) < 4.78 is 14.4. The fourth-order valence-corrected chi connectivity index (χ4v) is 1.93. The standard InChI is InChI=1S/C11H5Cl2FN6/c12-6-2-1-5(3-7(6)13)9-8(14)10(16-4-15-9)11-17-19-20-18-11/h1-4H,(H,17,18,19,20). The van der Waals surface area contributed by atoms with Crippen LogP contribution in [0, 0.1) is 5.82 Å². The molecule has 1 aromatic carbocycles. The first-order chi connectivity index (χ1) is 9.66. The van der Waals surface area contributed by atoms with Gasteiger partial charge in [-0.15, -0.1) is 10.2 Å². The second-order valence-electron chi connectivity index (χ2n) is 3.75. The Kier molecular flexibility index (Phi) is 3.29. The average molecular weight is 311 g/mol. The lowest BCUT2D eigenvalue weighted by Gasteiger charge is -2.05. The first-order valence-corrected chi connectivity index (χ1v) is 6.12. The number of aromatic nitrogens is 6. The van der Waals surface area contributed by atoms with Gasteiger partial charge in [0, 0.05) is 5.56 Å². The summed E-state index contributed by atoms with van der Waals surface area (Å²) in [4.78, 5) is 7.73. The van der Waals surface area contributed by atoms with E-state index in [0.29, 0.717) is 15.6 Å². The molecule has 0 aliphatic carbocycles. The van der Waals surface area contributed by atoms with E-state index < -0.39 is 5.82 Å². The van der Waals surface area contributed by atoms with Gasteiger partial charge in [-0.05, 0) is 17.3 Å². The van der Waals surface area contributed by atoms with Crippen LogP contribution in [0.2, 0.25) is 10.0 Å². The van der Waals surface area contributed by atoms with Crippen LogP contribution in [0.25, 0.3) is 22.8 Å². The molecule has 3 rings (SSSR count). The molecular formula is C11H5Cl2FN6. The summed E-state index contributed by atoms with van der Waals surface area (Å²) in [5.74, 6) is -0.613. The maximum atomic E-state index is 14.4. The Balaban J connectivity index is 2.15. The summed E-state index contributed by atoms with van der Waals surface area (Å²) in [5, 5.41) is 13.7. The third kappa shape index (κ3) is 2.21. The van der Waals surface area contributed by atoms with E-state index in [9.17, 15) is 4.39 Å². The maximum Gasteiger partial charge on any atom is 0.226 e. The number of hydrogen-bond acceptors (Lipinski definition) is 5. The minimum atomic E-state index is -0.660. The van der Waals surface area contributed by atoms with E-state index in [1.54, 1.807) is 12.1 Å². The molecule has 0 spiro atoms. The molecular weight excluding hydrogens is 306 g/mol. The van der Waals surface area contributed by atoms with Crippen LogP contribution in [-0.2, 0) is 0 Å². The molecule has 9 heteroatoms. The summed E-state index contributed by atoms with van der Waals surface area (Å²) in [6.45, 7) is 0. The Hall–Kier alpha value is -2.12. The lowest BCUT2D eigenvalue weighted by molar-refractivity contribution is 0.620. The molecule has 2 aromatic heterocycles. The molecule has 0 saturated heterocycles. The van der Waals surface area contributed by atoms with Gasteiger partial charge in [0.05, 0.1) is 10.0 Å². The van der Waals surface area contributed by atoms with Crippen molar-refractivity contribution in [3.63, 3.8) is 0 Å². The fraction of sp³-hybridized carbons (Fsp3) is 0. The molecule has 0 amide bonds. The molecule has 0 atom stereocenters. The van der Waals surface area contributed by atoms with Crippen LogP contribution < -0.4 is 0 Å². The quantitative estimate of drug-likeness (QED) is 0.787. The Morgan fingerprint density at radius 1 is 1.05 bits per heavy atom. The van der Waals surface area contributed by atoms with Crippen molar-refractivity contribution in [3.8, 4) is 22.8 Å². The number of H-pyrrole nitrogens is 1. The largest absolute Gasteiger partial charge is 0.233 e. The van der Waals surface area contributed by atoms with Crippen LogP contribution in [-0.4, -0.2) is 30.6 Å². The summed E-state index contributed by atoms with van der Waals surface area (Å²) in [6.07, 6.45) is 1.21. The van der Waals surface area contributed by atoms with E-state index >= 15 is 0 Å². The van der Waals surface area contributed by atoms with Gasteiger partial charge in [-0.25, -0.2) is 14.4 Å². The molecule has 0 radical (unpaired) electrons. The fourth-order valence-electron chi connectivity index (χ4n) is 1.63. The van der Waals surface area contributed by atoms with Crippen molar-refractivity contribution < 1.29 is 4.39 Å². The third-order valence-electron chi connectivity index (χ3n) is 2.54. The highest BCUT2D eigenvalue weighted by molar-refractivity contribution is 6.42. The second-order valence-corrected chi connectivity index (χ2v) is 4.56. The topological polar surface area (TPSA) is 80.2 Å². The first-order valence-electron chi connectivity index (χ1n) is 5.36. The average Bonchev–Trinajstić information content (AvgIpc) is 2.96. The molecule has 100 valence electrons. The molecule has 2 heterocycles. The highest BCUT2D eigenvalue weighted by Crippen LogP contribution is 2.30. The lowest BCUT2D eigenvalue weighted by atomic mass is 10.1. The number of benzene rings is 1. The van der Waals surface area contributed by atoms with Crippen LogP contribution in [0.1, 0.15) is 0 Å². The number of nitrogens with zero attached hydrogens (tertiary/aromatic N) is 5. The SMILES string of the molecule is Fc1c(-c2ccc(Cl)c(Cl)c2)ncnc1-c1nn[nH]n1.